The normalized spacial score (nSPS) is 11.5. The van der Waals surface area contributed by atoms with E-state index in [0.29, 0.717) is 11.1 Å². The van der Waals surface area contributed by atoms with E-state index in [2.05, 4.69) is 26.3 Å². The van der Waals surface area contributed by atoms with Crippen molar-refractivity contribution in [3.05, 3.63) is 70.0 Å². The van der Waals surface area contributed by atoms with E-state index in [1.165, 1.54) is 24.3 Å². The third-order valence-electron chi connectivity index (χ3n) is 4.08. The Kier molecular flexibility index (Phi) is 5.82. The molecule has 0 aliphatic heterocycles. The number of amides is 1. The summed E-state index contributed by atoms with van der Waals surface area (Å²) in [4.78, 5) is 12.0. The maximum absolute atomic E-state index is 13.5. The van der Waals surface area contributed by atoms with Gasteiger partial charge in [-0.15, -0.1) is 0 Å². The van der Waals surface area contributed by atoms with E-state index >= 15 is 0 Å². The van der Waals surface area contributed by atoms with Crippen molar-refractivity contribution in [1.82, 2.24) is 9.78 Å². The molecule has 7 nitrogen and oxygen atoms in total. The minimum absolute atomic E-state index is 0.0349. The molecule has 2 aromatic carbocycles. The molecule has 11 heteroatoms. The summed E-state index contributed by atoms with van der Waals surface area (Å²) in [5.74, 6) is -1.52. The lowest BCUT2D eigenvalue weighted by Gasteiger charge is -2.12. The molecule has 0 fully saturated rings. The van der Waals surface area contributed by atoms with Crippen molar-refractivity contribution in [2.24, 2.45) is 5.14 Å². The zero-order chi connectivity index (χ0) is 21.3. The van der Waals surface area contributed by atoms with Gasteiger partial charge in [0.05, 0.1) is 29.0 Å². The molecule has 3 aromatic rings. The number of nitrogens with two attached hydrogens (primary N) is 1. The number of carbonyl (C=O) groups is 1. The van der Waals surface area contributed by atoms with Crippen LogP contribution in [0.3, 0.4) is 0 Å². The summed E-state index contributed by atoms with van der Waals surface area (Å²) in [6, 6.07) is 6.77. The number of rotatable bonds is 5. The molecule has 3 N–H and O–H groups in total. The summed E-state index contributed by atoms with van der Waals surface area (Å²) in [5, 5.41) is 11.6. The molecule has 0 aliphatic carbocycles. The number of carbonyl (C=O) groups excluding carboxylic acids is 1. The lowest BCUT2D eigenvalue weighted by molar-refractivity contribution is -0.115. The van der Waals surface area contributed by atoms with Gasteiger partial charge in [0.2, 0.25) is 15.9 Å². The molecule has 0 saturated heterocycles. The van der Waals surface area contributed by atoms with E-state index in [1.54, 1.807) is 6.92 Å². The van der Waals surface area contributed by atoms with E-state index in [-0.39, 0.29) is 27.2 Å². The van der Waals surface area contributed by atoms with Crippen molar-refractivity contribution >= 4 is 37.5 Å². The van der Waals surface area contributed by atoms with Gasteiger partial charge in [0, 0.05) is 5.69 Å². The summed E-state index contributed by atoms with van der Waals surface area (Å²) in [7, 11) is -4.19. The third kappa shape index (κ3) is 4.86. The van der Waals surface area contributed by atoms with Crippen LogP contribution in [0.5, 0.6) is 0 Å². The molecule has 1 aromatic heterocycles. The van der Waals surface area contributed by atoms with E-state index in [9.17, 15) is 22.0 Å². The quantitative estimate of drug-likeness (QED) is 0.580. The van der Waals surface area contributed by atoms with Crippen molar-refractivity contribution in [1.29, 1.82) is 0 Å². The number of nitrogens with zero attached hydrogens (tertiary/aromatic N) is 2. The molecule has 152 valence electrons. The first-order valence-electron chi connectivity index (χ1n) is 8.16. The minimum Gasteiger partial charge on any atom is -0.326 e. The van der Waals surface area contributed by atoms with Crippen LogP contribution in [0.25, 0.3) is 5.69 Å². The summed E-state index contributed by atoms with van der Waals surface area (Å²) in [6.07, 6.45) is 1.87. The molecular weight excluding hydrogens is 470 g/mol. The van der Waals surface area contributed by atoms with Crippen LogP contribution in [0.4, 0.5) is 14.5 Å². The average Bonchev–Trinajstić information content (AvgIpc) is 3.05. The Morgan fingerprint density at radius 3 is 2.62 bits per heavy atom. The van der Waals surface area contributed by atoms with Gasteiger partial charge in [-0.2, -0.15) is 5.10 Å². The SMILES string of the molecule is Cc1cc(F)c(Br)cc1CC(=O)Nc1ccc(-n2cc(F)cn2)c(S(N)(=O)=O)c1. The maximum atomic E-state index is 13.5. The summed E-state index contributed by atoms with van der Waals surface area (Å²) >= 11 is 3.08. The number of halogens is 3. The van der Waals surface area contributed by atoms with Gasteiger partial charge in [-0.3, -0.25) is 4.79 Å². The molecule has 0 spiro atoms. The third-order valence-corrected chi connectivity index (χ3v) is 5.63. The molecule has 1 heterocycles. The van der Waals surface area contributed by atoms with Gasteiger partial charge >= 0.3 is 0 Å². The molecule has 1 amide bonds. The summed E-state index contributed by atoms with van der Waals surface area (Å²) < 4.78 is 52.0. The number of aromatic nitrogens is 2. The molecule has 29 heavy (non-hydrogen) atoms. The van der Waals surface area contributed by atoms with Crippen molar-refractivity contribution in [2.45, 2.75) is 18.2 Å². The van der Waals surface area contributed by atoms with E-state index < -0.39 is 27.6 Å². The van der Waals surface area contributed by atoms with Gasteiger partial charge in [-0.1, -0.05) is 0 Å². The minimum atomic E-state index is -4.19. The monoisotopic (exact) mass is 484 g/mol. The predicted molar refractivity (Wildman–Crippen MR) is 106 cm³/mol. The fourth-order valence-electron chi connectivity index (χ4n) is 2.70. The Labute approximate surface area is 173 Å². The highest BCUT2D eigenvalue weighted by Crippen LogP contribution is 2.24. The van der Waals surface area contributed by atoms with Crippen LogP contribution in [-0.4, -0.2) is 24.1 Å². The van der Waals surface area contributed by atoms with Gasteiger partial charge in [0.15, 0.2) is 5.82 Å². The van der Waals surface area contributed by atoms with Crippen LogP contribution < -0.4 is 10.5 Å². The standard InChI is InChI=1S/C18H15BrF2N4O3S/c1-10-4-15(21)14(19)5-11(10)6-18(26)24-13-2-3-16(17(7-13)29(22,27)28)25-9-12(20)8-23-25/h2-5,7-9H,6H2,1H3,(H,24,26)(H2,22,27,28). The number of anilines is 1. The number of benzene rings is 2. The summed E-state index contributed by atoms with van der Waals surface area (Å²) in [6.45, 7) is 1.68. The Bertz CT molecular complexity index is 1210. The highest BCUT2D eigenvalue weighted by molar-refractivity contribution is 9.10. The highest BCUT2D eigenvalue weighted by atomic mass is 79.9. The first-order valence-corrected chi connectivity index (χ1v) is 10.5. The maximum Gasteiger partial charge on any atom is 0.240 e. The van der Waals surface area contributed by atoms with Crippen LogP contribution >= 0.6 is 15.9 Å². The molecule has 0 atom stereocenters. The zero-order valence-corrected chi connectivity index (χ0v) is 17.4. The second kappa shape index (κ2) is 8.01. The van der Waals surface area contributed by atoms with Crippen LogP contribution in [0.2, 0.25) is 0 Å². The van der Waals surface area contributed by atoms with Crippen LogP contribution in [-0.2, 0) is 21.2 Å². The van der Waals surface area contributed by atoms with Crippen molar-refractivity contribution in [2.75, 3.05) is 5.32 Å². The van der Waals surface area contributed by atoms with E-state index in [1.807, 2.05) is 0 Å². The first-order chi connectivity index (χ1) is 13.5. The smallest absolute Gasteiger partial charge is 0.240 e. The molecule has 0 unspecified atom stereocenters. The van der Waals surface area contributed by atoms with E-state index in [4.69, 9.17) is 5.14 Å². The molecular formula is C18H15BrF2N4O3S. The molecule has 0 saturated carbocycles. The number of aryl methyl sites for hydroxylation is 1. The topological polar surface area (TPSA) is 107 Å². The Morgan fingerprint density at radius 2 is 2.00 bits per heavy atom. The largest absolute Gasteiger partial charge is 0.326 e. The Morgan fingerprint density at radius 1 is 1.28 bits per heavy atom. The Hall–Kier alpha value is -2.63. The first kappa shape index (κ1) is 21.1. The van der Waals surface area contributed by atoms with Gasteiger partial charge in [-0.05, 0) is 64.3 Å². The Balaban J connectivity index is 1.88. The molecule has 3 rings (SSSR count). The predicted octanol–water partition coefficient (Wildman–Crippen LogP) is 3.05. The van der Waals surface area contributed by atoms with Crippen LogP contribution in [0, 0.1) is 18.6 Å². The number of hydrogen-bond donors (Lipinski definition) is 2. The fourth-order valence-corrected chi connectivity index (χ4v) is 3.83. The highest BCUT2D eigenvalue weighted by Gasteiger charge is 2.18. The second-order valence-corrected chi connectivity index (χ2v) is 8.63. The molecule has 0 bridgehead atoms. The molecule has 0 radical (unpaired) electrons. The van der Waals surface area contributed by atoms with Crippen molar-refractivity contribution in [3.8, 4) is 5.69 Å². The second-order valence-electron chi connectivity index (χ2n) is 6.25. The molecule has 0 aliphatic rings. The fraction of sp³-hybridized carbons (Fsp3) is 0.111. The van der Waals surface area contributed by atoms with Crippen LogP contribution in [0.15, 0.2) is 52.1 Å². The number of primary sulfonamides is 1. The zero-order valence-electron chi connectivity index (χ0n) is 15.0. The van der Waals surface area contributed by atoms with E-state index in [0.717, 1.165) is 23.1 Å². The lowest BCUT2D eigenvalue weighted by atomic mass is 10.1. The van der Waals surface area contributed by atoms with Gasteiger partial charge in [0.1, 0.15) is 10.7 Å². The van der Waals surface area contributed by atoms with Gasteiger partial charge in [-0.25, -0.2) is 27.0 Å². The van der Waals surface area contributed by atoms with Gasteiger partial charge in [0.25, 0.3) is 0 Å². The lowest BCUT2D eigenvalue weighted by Crippen LogP contribution is -2.18. The van der Waals surface area contributed by atoms with Crippen molar-refractivity contribution < 1.29 is 22.0 Å². The average molecular weight is 485 g/mol. The van der Waals surface area contributed by atoms with Crippen LogP contribution in [0.1, 0.15) is 11.1 Å². The number of nitrogens with one attached hydrogen (secondary N) is 1. The number of sulfonamides is 1. The summed E-state index contributed by atoms with van der Waals surface area (Å²) in [5.41, 5.74) is 1.41. The van der Waals surface area contributed by atoms with Crippen molar-refractivity contribution in [3.63, 3.8) is 0 Å². The van der Waals surface area contributed by atoms with Gasteiger partial charge < -0.3 is 5.32 Å². The number of hydrogen-bond acceptors (Lipinski definition) is 4.